The van der Waals surface area contributed by atoms with Gasteiger partial charge in [-0.3, -0.25) is 9.69 Å². The van der Waals surface area contributed by atoms with Gasteiger partial charge in [-0.15, -0.1) is 0 Å². The van der Waals surface area contributed by atoms with E-state index in [9.17, 15) is 14.7 Å². The molecule has 3 heterocycles. The molecule has 3 atom stereocenters. The Balaban J connectivity index is 1.65. The smallest absolute Gasteiger partial charge is 0.414 e. The number of hydrogen-bond acceptors (Lipinski definition) is 5. The molecule has 1 fully saturated rings. The first-order chi connectivity index (χ1) is 17.4. The van der Waals surface area contributed by atoms with Gasteiger partial charge in [-0.05, 0) is 62.4 Å². The number of anilines is 1. The molecule has 5 rings (SSSR count). The number of halogens is 1. The monoisotopic (exact) mass is 511 g/mol. The molecule has 3 unspecified atom stereocenters. The van der Waals surface area contributed by atoms with Crippen molar-refractivity contribution in [3.8, 4) is 0 Å². The number of nitrogens with zero attached hydrogens (tertiary/aromatic N) is 3. The molecule has 190 valence electrons. The fraction of sp³-hybridized carbons (Fsp3) is 0.444. The first-order valence-corrected chi connectivity index (χ1v) is 12.7. The number of carboxylic acids is 1. The molecular formula is C27H30ClN3O5. The van der Waals surface area contributed by atoms with E-state index in [2.05, 4.69) is 4.57 Å². The van der Waals surface area contributed by atoms with Crippen LogP contribution in [-0.2, 0) is 27.1 Å². The van der Waals surface area contributed by atoms with E-state index in [0.717, 1.165) is 54.6 Å². The number of amides is 1. The van der Waals surface area contributed by atoms with E-state index in [-0.39, 0.29) is 18.5 Å². The lowest BCUT2D eigenvalue weighted by molar-refractivity contribution is -0.138. The maximum atomic E-state index is 12.6. The van der Waals surface area contributed by atoms with Crippen LogP contribution in [0.3, 0.4) is 0 Å². The summed E-state index contributed by atoms with van der Waals surface area (Å²) in [5.41, 5.74) is 4.18. The molecule has 9 heteroatoms. The lowest BCUT2D eigenvalue weighted by Crippen LogP contribution is -2.42. The predicted molar refractivity (Wildman–Crippen MR) is 137 cm³/mol. The molecule has 3 aromatic rings. The lowest BCUT2D eigenvalue weighted by Gasteiger charge is -2.34. The number of hydrogen-bond donors (Lipinski definition) is 1. The minimum Gasteiger partial charge on any atom is -0.481 e. The van der Waals surface area contributed by atoms with Gasteiger partial charge in [0.2, 0.25) is 0 Å². The highest BCUT2D eigenvalue weighted by molar-refractivity contribution is 6.30. The fourth-order valence-corrected chi connectivity index (χ4v) is 5.75. The van der Waals surface area contributed by atoms with Gasteiger partial charge < -0.3 is 19.1 Å². The van der Waals surface area contributed by atoms with E-state index in [0.29, 0.717) is 23.0 Å². The van der Waals surface area contributed by atoms with Crippen LogP contribution in [0, 0.1) is 0 Å². The number of carboxylic acid groups (broad SMARTS) is 1. The number of imidazole rings is 1. The quantitative estimate of drug-likeness (QED) is 0.495. The van der Waals surface area contributed by atoms with Gasteiger partial charge in [0.05, 0.1) is 42.4 Å². The minimum atomic E-state index is -0.927. The summed E-state index contributed by atoms with van der Waals surface area (Å²) >= 11 is 6.18. The number of aryl methyl sites for hydroxylation is 1. The molecule has 0 radical (unpaired) electrons. The second-order valence-corrected chi connectivity index (χ2v) is 10.0. The van der Waals surface area contributed by atoms with Gasteiger partial charge in [-0.25, -0.2) is 9.78 Å². The Morgan fingerprint density at radius 2 is 2.11 bits per heavy atom. The Morgan fingerprint density at radius 3 is 2.81 bits per heavy atom. The van der Waals surface area contributed by atoms with Crippen LogP contribution in [0.5, 0.6) is 0 Å². The molecule has 36 heavy (non-hydrogen) atoms. The van der Waals surface area contributed by atoms with Crippen molar-refractivity contribution in [2.45, 2.75) is 57.0 Å². The van der Waals surface area contributed by atoms with E-state index < -0.39 is 18.0 Å². The van der Waals surface area contributed by atoms with Gasteiger partial charge in [0.15, 0.2) is 0 Å². The lowest BCUT2D eigenvalue weighted by atomic mass is 9.95. The summed E-state index contributed by atoms with van der Waals surface area (Å²) in [6.45, 7) is 3.28. The van der Waals surface area contributed by atoms with E-state index in [1.807, 2.05) is 19.1 Å². The van der Waals surface area contributed by atoms with Crippen molar-refractivity contribution in [2.75, 3.05) is 25.2 Å². The van der Waals surface area contributed by atoms with Crippen molar-refractivity contribution in [3.05, 3.63) is 58.4 Å². The van der Waals surface area contributed by atoms with Crippen LogP contribution in [0.1, 0.15) is 55.1 Å². The zero-order chi connectivity index (χ0) is 25.4. The maximum Gasteiger partial charge on any atom is 0.414 e. The number of aliphatic carboxylic acids is 1. The van der Waals surface area contributed by atoms with Crippen LogP contribution in [0.2, 0.25) is 5.02 Å². The van der Waals surface area contributed by atoms with Crippen LogP contribution < -0.4 is 4.90 Å². The summed E-state index contributed by atoms with van der Waals surface area (Å²) in [5, 5.41) is 10.6. The number of rotatable bonds is 5. The molecular weight excluding hydrogens is 482 g/mol. The zero-order valence-corrected chi connectivity index (χ0v) is 21.2. The molecule has 2 aliphatic rings. The van der Waals surface area contributed by atoms with Crippen LogP contribution in [0.4, 0.5) is 10.5 Å². The molecule has 2 aliphatic heterocycles. The predicted octanol–water partition coefficient (Wildman–Crippen LogP) is 5.36. The summed E-state index contributed by atoms with van der Waals surface area (Å²) < 4.78 is 13.0. The van der Waals surface area contributed by atoms with Gasteiger partial charge >= 0.3 is 12.1 Å². The summed E-state index contributed by atoms with van der Waals surface area (Å²) in [7, 11) is 1.39. The van der Waals surface area contributed by atoms with Crippen molar-refractivity contribution >= 4 is 40.4 Å². The second-order valence-electron chi connectivity index (χ2n) is 9.58. The highest BCUT2D eigenvalue weighted by Crippen LogP contribution is 2.39. The summed E-state index contributed by atoms with van der Waals surface area (Å²) in [6.07, 6.45) is 3.24. The first kappa shape index (κ1) is 24.6. The average molecular weight is 512 g/mol. The highest BCUT2D eigenvalue weighted by Gasteiger charge is 2.33. The first-order valence-electron chi connectivity index (χ1n) is 12.3. The number of carbonyl (C=O) groups is 2. The van der Waals surface area contributed by atoms with Gasteiger partial charge in [-0.1, -0.05) is 23.7 Å². The molecule has 1 N–H and O–H groups in total. The van der Waals surface area contributed by atoms with Crippen molar-refractivity contribution in [1.29, 1.82) is 0 Å². The molecule has 1 saturated heterocycles. The number of ether oxygens (including phenoxy) is 2. The summed E-state index contributed by atoms with van der Waals surface area (Å²) in [5.74, 6) is -1.03. The number of carbonyl (C=O) groups excluding carboxylic acids is 1. The fourth-order valence-electron chi connectivity index (χ4n) is 5.56. The summed E-state index contributed by atoms with van der Waals surface area (Å²) in [6, 6.07) is 11.0. The molecule has 1 amide bonds. The van der Waals surface area contributed by atoms with Crippen molar-refractivity contribution in [2.24, 2.45) is 0 Å². The van der Waals surface area contributed by atoms with Crippen molar-refractivity contribution in [1.82, 2.24) is 9.55 Å². The van der Waals surface area contributed by atoms with Crippen LogP contribution in [-0.4, -0.2) is 53.1 Å². The molecule has 0 spiro atoms. The topological polar surface area (TPSA) is 93.9 Å². The van der Waals surface area contributed by atoms with Crippen LogP contribution >= 0.6 is 11.6 Å². The SMILES string of the molecule is COC(=O)N1c2ccc3c(nc(CC(C(=O)O)c4cccc(Cl)c4)n3C3CCCOC3)c2CCC1C. The Labute approximate surface area is 214 Å². The molecule has 2 aromatic carbocycles. The third-order valence-electron chi connectivity index (χ3n) is 7.34. The normalized spacial score (nSPS) is 20.7. The average Bonchev–Trinajstić information content (AvgIpc) is 3.25. The van der Waals surface area contributed by atoms with Gasteiger partial charge in [-0.2, -0.15) is 0 Å². The third kappa shape index (κ3) is 4.44. The number of aromatic nitrogens is 2. The van der Waals surface area contributed by atoms with Gasteiger partial charge in [0.25, 0.3) is 0 Å². The Kier molecular flexibility index (Phi) is 6.90. The van der Waals surface area contributed by atoms with Gasteiger partial charge in [0.1, 0.15) is 5.82 Å². The highest BCUT2D eigenvalue weighted by atomic mass is 35.5. The second kappa shape index (κ2) is 10.1. The summed E-state index contributed by atoms with van der Waals surface area (Å²) in [4.78, 5) is 31.7. The van der Waals surface area contributed by atoms with Crippen LogP contribution in [0.15, 0.2) is 36.4 Å². The van der Waals surface area contributed by atoms with E-state index in [1.54, 1.807) is 29.2 Å². The van der Waals surface area contributed by atoms with E-state index in [1.165, 1.54) is 7.11 Å². The third-order valence-corrected chi connectivity index (χ3v) is 7.57. The largest absolute Gasteiger partial charge is 0.481 e. The van der Waals surface area contributed by atoms with Gasteiger partial charge in [0, 0.05) is 29.7 Å². The zero-order valence-electron chi connectivity index (χ0n) is 20.4. The Hall–Kier alpha value is -3.10. The van der Waals surface area contributed by atoms with Crippen molar-refractivity contribution < 1.29 is 24.2 Å². The molecule has 8 nitrogen and oxygen atoms in total. The maximum absolute atomic E-state index is 12.6. The van der Waals surface area contributed by atoms with E-state index in [4.69, 9.17) is 26.1 Å². The molecule has 0 saturated carbocycles. The van der Waals surface area contributed by atoms with Crippen LogP contribution in [0.25, 0.3) is 11.0 Å². The molecule has 0 aliphatic carbocycles. The minimum absolute atomic E-state index is 0.00919. The standard InChI is InChI=1S/C27H30ClN3O5/c1-16-8-9-20-22(30(16)27(34)35-2)10-11-23-25(20)29-24(31(23)19-7-4-12-36-15-19)14-21(26(32)33)17-5-3-6-18(28)13-17/h3,5-6,10-11,13,16,19,21H,4,7-9,12,14-15H2,1-2H3,(H,32,33). The number of benzene rings is 2. The Bertz CT molecular complexity index is 1300. The van der Waals surface area contributed by atoms with Crippen molar-refractivity contribution in [3.63, 3.8) is 0 Å². The molecule has 1 aromatic heterocycles. The number of methoxy groups -OCH3 is 1. The van der Waals surface area contributed by atoms with E-state index >= 15 is 0 Å². The Morgan fingerprint density at radius 1 is 1.28 bits per heavy atom. The molecule has 0 bridgehead atoms. The number of fused-ring (bicyclic) bond motifs is 3.